The van der Waals surface area contributed by atoms with E-state index in [4.69, 9.17) is 14.2 Å². The molecule has 0 aliphatic heterocycles. The highest BCUT2D eigenvalue weighted by molar-refractivity contribution is 5.66. The lowest BCUT2D eigenvalue weighted by Gasteiger charge is -2.38. The van der Waals surface area contributed by atoms with Gasteiger partial charge < -0.3 is 14.2 Å². The second-order valence-corrected chi connectivity index (χ2v) is 6.76. The molecule has 0 N–H and O–H groups in total. The third-order valence-corrected chi connectivity index (χ3v) is 5.55. The highest BCUT2D eigenvalue weighted by atomic mass is 16.8. The largest absolute Gasteiger partial charge is 0.511 e. The van der Waals surface area contributed by atoms with Crippen molar-refractivity contribution in [3.8, 4) is 0 Å². The lowest BCUT2D eigenvalue weighted by molar-refractivity contribution is -0.167. The minimum atomic E-state index is -0.917. The fourth-order valence-electron chi connectivity index (χ4n) is 3.85. The van der Waals surface area contributed by atoms with E-state index in [9.17, 15) is 9.59 Å². The quantitative estimate of drug-likeness (QED) is 0.588. The van der Waals surface area contributed by atoms with Gasteiger partial charge in [0, 0.05) is 19.3 Å². The smallest absolute Gasteiger partial charge is 0.430 e. The summed E-state index contributed by atoms with van der Waals surface area (Å²) in [6, 6.07) is 0. The van der Waals surface area contributed by atoms with E-state index in [1.807, 2.05) is 0 Å². The Balaban J connectivity index is 1.92. The molecule has 0 spiro atoms. The number of carbonyl (C=O) groups is 2. The van der Waals surface area contributed by atoms with Gasteiger partial charge in [0.15, 0.2) is 0 Å². The van der Waals surface area contributed by atoms with E-state index in [0.717, 1.165) is 12.8 Å². The first-order valence-electron chi connectivity index (χ1n) is 7.21. The summed E-state index contributed by atoms with van der Waals surface area (Å²) in [6.07, 6.45) is 1.37. The number of carbonyl (C=O) groups excluding carboxylic acids is 2. The molecular formula is C15H24O5. The second kappa shape index (κ2) is 4.93. The van der Waals surface area contributed by atoms with Crippen LogP contribution in [0.15, 0.2) is 0 Å². The van der Waals surface area contributed by atoms with Crippen LogP contribution >= 0.6 is 0 Å². The van der Waals surface area contributed by atoms with Crippen molar-refractivity contribution in [3.63, 3.8) is 0 Å². The van der Waals surface area contributed by atoms with Crippen molar-refractivity contribution in [1.82, 2.24) is 0 Å². The van der Waals surface area contributed by atoms with Crippen molar-refractivity contribution in [2.24, 2.45) is 16.7 Å². The summed E-state index contributed by atoms with van der Waals surface area (Å²) < 4.78 is 15.2. The molecule has 0 aromatic heterocycles. The summed E-state index contributed by atoms with van der Waals surface area (Å²) in [7, 11) is 0. The molecule has 2 fully saturated rings. The Morgan fingerprint density at radius 3 is 2.30 bits per heavy atom. The monoisotopic (exact) mass is 284 g/mol. The predicted octanol–water partition coefficient (Wildman–Crippen LogP) is 3.26. The van der Waals surface area contributed by atoms with Gasteiger partial charge in [-0.05, 0) is 30.6 Å². The van der Waals surface area contributed by atoms with Gasteiger partial charge in [-0.3, -0.25) is 4.79 Å². The molecule has 114 valence electrons. The van der Waals surface area contributed by atoms with E-state index in [0.29, 0.717) is 5.92 Å². The van der Waals surface area contributed by atoms with Crippen LogP contribution in [0, 0.1) is 16.7 Å². The van der Waals surface area contributed by atoms with Gasteiger partial charge in [-0.1, -0.05) is 20.8 Å². The Hall–Kier alpha value is -1.26. The Kier molecular flexibility index (Phi) is 3.73. The van der Waals surface area contributed by atoms with Gasteiger partial charge in [0.05, 0.1) is 0 Å². The molecule has 2 unspecified atom stereocenters. The predicted molar refractivity (Wildman–Crippen MR) is 71.8 cm³/mol. The minimum absolute atomic E-state index is 0.00135. The van der Waals surface area contributed by atoms with Crippen LogP contribution in [0.25, 0.3) is 0 Å². The summed E-state index contributed by atoms with van der Waals surface area (Å²) in [6.45, 7) is 9.45. The number of rotatable bonds is 3. The summed E-state index contributed by atoms with van der Waals surface area (Å²) in [5.74, 6) is 0.106. The molecule has 2 aliphatic carbocycles. The van der Waals surface area contributed by atoms with E-state index in [1.54, 1.807) is 0 Å². The molecule has 5 heteroatoms. The van der Waals surface area contributed by atoms with Crippen LogP contribution in [0.3, 0.4) is 0 Å². The van der Waals surface area contributed by atoms with E-state index >= 15 is 0 Å². The molecule has 2 rings (SSSR count). The van der Waals surface area contributed by atoms with E-state index in [2.05, 4.69) is 20.8 Å². The molecular weight excluding hydrogens is 260 g/mol. The lowest BCUT2D eigenvalue weighted by atomic mass is 9.70. The van der Waals surface area contributed by atoms with Crippen LogP contribution in [-0.2, 0) is 19.0 Å². The first-order valence-corrected chi connectivity index (χ1v) is 7.21. The number of esters is 1. The zero-order valence-corrected chi connectivity index (χ0v) is 12.9. The van der Waals surface area contributed by atoms with Gasteiger partial charge >= 0.3 is 12.1 Å². The molecule has 5 nitrogen and oxygen atoms in total. The number of hydrogen-bond donors (Lipinski definition) is 0. The van der Waals surface area contributed by atoms with E-state index in [-0.39, 0.29) is 16.9 Å². The lowest BCUT2D eigenvalue weighted by Crippen LogP contribution is -2.39. The Morgan fingerprint density at radius 1 is 1.20 bits per heavy atom. The van der Waals surface area contributed by atoms with Crippen LogP contribution in [0.4, 0.5) is 4.79 Å². The van der Waals surface area contributed by atoms with Crippen molar-refractivity contribution < 1.29 is 23.8 Å². The topological polar surface area (TPSA) is 61.8 Å². The van der Waals surface area contributed by atoms with E-state index in [1.165, 1.54) is 20.3 Å². The fraction of sp³-hybridized carbons (Fsp3) is 0.867. The standard InChI is InChI=1S/C15H24O5/c1-9(16)18-10(2)19-13(17)20-12-8-11-6-7-15(12,5)14(11,3)4/h10-12H,6-8H2,1-5H3/t10?,11?,12-,15-/m1/s1. The molecule has 20 heavy (non-hydrogen) atoms. The number of hydrogen-bond acceptors (Lipinski definition) is 5. The first-order chi connectivity index (χ1) is 9.16. The average molecular weight is 284 g/mol. The molecule has 0 heterocycles. The van der Waals surface area contributed by atoms with Crippen LogP contribution in [0.2, 0.25) is 0 Å². The highest BCUT2D eigenvalue weighted by Crippen LogP contribution is 2.66. The summed E-state index contributed by atoms with van der Waals surface area (Å²) in [4.78, 5) is 22.6. The van der Waals surface area contributed by atoms with Gasteiger partial charge in [0.25, 0.3) is 0 Å². The molecule has 2 saturated carbocycles. The molecule has 0 saturated heterocycles. The third-order valence-electron chi connectivity index (χ3n) is 5.55. The molecule has 0 aromatic carbocycles. The van der Waals surface area contributed by atoms with Gasteiger partial charge in [-0.15, -0.1) is 0 Å². The summed E-state index contributed by atoms with van der Waals surface area (Å²) in [5.41, 5.74) is 0.181. The van der Waals surface area contributed by atoms with Gasteiger partial charge in [-0.2, -0.15) is 0 Å². The van der Waals surface area contributed by atoms with Crippen molar-refractivity contribution in [1.29, 1.82) is 0 Å². The minimum Gasteiger partial charge on any atom is -0.430 e. The number of fused-ring (bicyclic) bond motifs is 2. The molecule has 2 aliphatic rings. The van der Waals surface area contributed by atoms with Gasteiger partial charge in [0.1, 0.15) is 6.10 Å². The summed E-state index contributed by atoms with van der Waals surface area (Å²) >= 11 is 0. The van der Waals surface area contributed by atoms with Crippen LogP contribution in [0.1, 0.15) is 53.9 Å². The Bertz CT molecular complexity index is 416. The highest BCUT2D eigenvalue weighted by Gasteiger charge is 2.63. The fourth-order valence-corrected chi connectivity index (χ4v) is 3.85. The van der Waals surface area contributed by atoms with Crippen LogP contribution < -0.4 is 0 Å². The van der Waals surface area contributed by atoms with Crippen LogP contribution in [0.5, 0.6) is 0 Å². The SMILES string of the molecule is CC(=O)OC(C)OC(=O)O[C@@H]1CC2CC[C@@]1(C)C2(C)C. The third kappa shape index (κ3) is 2.38. The molecule has 0 aromatic rings. The van der Waals surface area contributed by atoms with E-state index < -0.39 is 18.4 Å². The normalized spacial score (nSPS) is 35.5. The summed E-state index contributed by atoms with van der Waals surface area (Å²) in [5, 5.41) is 0. The van der Waals surface area contributed by atoms with Crippen molar-refractivity contribution in [2.75, 3.05) is 0 Å². The molecule has 2 bridgehead atoms. The maximum Gasteiger partial charge on any atom is 0.511 e. The number of ether oxygens (including phenoxy) is 3. The zero-order chi connectivity index (χ0) is 15.1. The maximum atomic E-state index is 11.8. The molecule has 0 radical (unpaired) electrons. The first kappa shape index (κ1) is 15.1. The zero-order valence-electron chi connectivity index (χ0n) is 12.9. The second-order valence-electron chi connectivity index (χ2n) is 6.76. The van der Waals surface area contributed by atoms with Crippen molar-refractivity contribution >= 4 is 12.1 Å². The Labute approximate surface area is 120 Å². The van der Waals surface area contributed by atoms with Gasteiger partial charge in [-0.25, -0.2) is 4.79 Å². The Morgan fingerprint density at radius 2 is 1.85 bits per heavy atom. The maximum absolute atomic E-state index is 11.8. The van der Waals surface area contributed by atoms with Crippen LogP contribution in [-0.4, -0.2) is 24.5 Å². The van der Waals surface area contributed by atoms with Gasteiger partial charge in [0.2, 0.25) is 6.29 Å². The molecule has 4 atom stereocenters. The van der Waals surface area contributed by atoms with Crippen molar-refractivity contribution in [3.05, 3.63) is 0 Å². The average Bonchev–Trinajstić information content (AvgIpc) is 2.60. The molecule has 0 amide bonds. The van der Waals surface area contributed by atoms with Crippen molar-refractivity contribution in [2.45, 2.75) is 66.3 Å².